The van der Waals surface area contributed by atoms with Crippen LogP contribution < -0.4 is 5.32 Å². The molecule has 104 valence electrons. The lowest BCUT2D eigenvalue weighted by atomic mass is 10.3. The highest BCUT2D eigenvalue weighted by Gasteiger charge is 2.11. The van der Waals surface area contributed by atoms with Gasteiger partial charge in [0.05, 0.1) is 5.69 Å². The van der Waals surface area contributed by atoms with Gasteiger partial charge in [0.15, 0.2) is 5.69 Å². The van der Waals surface area contributed by atoms with Crippen LogP contribution in [0, 0.1) is 11.6 Å². The molecule has 0 saturated heterocycles. The van der Waals surface area contributed by atoms with Gasteiger partial charge in [0.2, 0.25) is 5.91 Å². The first kappa shape index (κ1) is 13.7. The van der Waals surface area contributed by atoms with Crippen molar-refractivity contribution in [3.05, 3.63) is 47.8 Å². The quantitative estimate of drug-likeness (QED) is 0.889. The molecule has 0 spiro atoms. The van der Waals surface area contributed by atoms with Crippen LogP contribution in [0.2, 0.25) is 0 Å². The molecule has 0 saturated carbocycles. The van der Waals surface area contributed by atoms with Gasteiger partial charge in [0, 0.05) is 12.3 Å². The molecule has 2 rings (SSSR count). The van der Waals surface area contributed by atoms with E-state index in [0.29, 0.717) is 6.07 Å². The largest absolute Gasteiger partial charge is 0.476 e. The molecular weight excluding hydrogens is 272 g/mol. The van der Waals surface area contributed by atoms with E-state index in [9.17, 15) is 18.4 Å². The molecule has 0 aliphatic rings. The summed E-state index contributed by atoms with van der Waals surface area (Å²) < 4.78 is 27.1. The Kier molecular flexibility index (Phi) is 3.74. The summed E-state index contributed by atoms with van der Waals surface area (Å²) in [6.45, 7) is -0.288. The highest BCUT2D eigenvalue weighted by atomic mass is 19.1. The van der Waals surface area contributed by atoms with Gasteiger partial charge < -0.3 is 10.4 Å². The predicted molar refractivity (Wildman–Crippen MR) is 64.2 cm³/mol. The fraction of sp³-hybridized carbons (Fsp3) is 0.0833. The Bertz CT molecular complexity index is 670. The van der Waals surface area contributed by atoms with Crippen molar-refractivity contribution in [3.63, 3.8) is 0 Å². The van der Waals surface area contributed by atoms with Crippen molar-refractivity contribution < 1.29 is 23.5 Å². The van der Waals surface area contributed by atoms with Crippen molar-refractivity contribution in [2.45, 2.75) is 6.54 Å². The smallest absolute Gasteiger partial charge is 0.356 e. The number of hydrogen-bond donors (Lipinski definition) is 2. The Labute approximate surface area is 111 Å². The molecule has 0 aliphatic heterocycles. The van der Waals surface area contributed by atoms with E-state index in [1.165, 1.54) is 12.3 Å². The van der Waals surface area contributed by atoms with Gasteiger partial charge in [0.25, 0.3) is 0 Å². The molecule has 0 bridgehead atoms. The number of carbonyl (C=O) groups is 2. The minimum absolute atomic E-state index is 0.165. The molecule has 1 aromatic heterocycles. The summed E-state index contributed by atoms with van der Waals surface area (Å²) in [6.07, 6.45) is 1.31. The molecule has 1 aromatic carbocycles. The number of rotatable bonds is 4. The molecule has 20 heavy (non-hydrogen) atoms. The number of anilines is 1. The van der Waals surface area contributed by atoms with Gasteiger partial charge in [-0.05, 0) is 18.2 Å². The van der Waals surface area contributed by atoms with Crippen molar-refractivity contribution in [2.75, 3.05) is 5.32 Å². The topological polar surface area (TPSA) is 84.2 Å². The van der Waals surface area contributed by atoms with Crippen LogP contribution in [0.15, 0.2) is 30.5 Å². The fourth-order valence-electron chi connectivity index (χ4n) is 1.49. The van der Waals surface area contributed by atoms with Crippen molar-refractivity contribution >= 4 is 17.6 Å². The molecule has 0 radical (unpaired) electrons. The van der Waals surface area contributed by atoms with E-state index < -0.39 is 23.5 Å². The average Bonchev–Trinajstić information content (AvgIpc) is 2.81. The van der Waals surface area contributed by atoms with Crippen LogP contribution in [0.1, 0.15) is 10.5 Å². The van der Waals surface area contributed by atoms with Gasteiger partial charge in [-0.15, -0.1) is 0 Å². The maximum Gasteiger partial charge on any atom is 0.356 e. The van der Waals surface area contributed by atoms with Gasteiger partial charge in [-0.2, -0.15) is 5.10 Å². The van der Waals surface area contributed by atoms with E-state index in [-0.39, 0.29) is 17.9 Å². The SMILES string of the molecule is O=C(Cn1ccc(C(=O)O)n1)Nc1ccc(F)cc1F. The van der Waals surface area contributed by atoms with Crippen molar-refractivity contribution in [2.24, 2.45) is 0 Å². The first-order valence-electron chi connectivity index (χ1n) is 5.47. The Morgan fingerprint density at radius 3 is 2.65 bits per heavy atom. The third-order valence-corrected chi connectivity index (χ3v) is 2.37. The van der Waals surface area contributed by atoms with E-state index >= 15 is 0 Å². The third kappa shape index (κ3) is 3.16. The number of aromatic nitrogens is 2. The van der Waals surface area contributed by atoms with Gasteiger partial charge in [0.1, 0.15) is 18.2 Å². The normalized spacial score (nSPS) is 10.3. The number of hydrogen-bond acceptors (Lipinski definition) is 3. The fourth-order valence-corrected chi connectivity index (χ4v) is 1.49. The van der Waals surface area contributed by atoms with Crippen molar-refractivity contribution in [1.82, 2.24) is 9.78 Å². The van der Waals surface area contributed by atoms with Gasteiger partial charge in [-0.3, -0.25) is 9.48 Å². The highest BCUT2D eigenvalue weighted by molar-refractivity contribution is 5.90. The maximum atomic E-state index is 13.3. The average molecular weight is 281 g/mol. The molecule has 0 atom stereocenters. The number of halogens is 2. The number of benzene rings is 1. The summed E-state index contributed by atoms with van der Waals surface area (Å²) in [7, 11) is 0. The zero-order valence-corrected chi connectivity index (χ0v) is 10.0. The molecule has 0 aliphatic carbocycles. The van der Waals surface area contributed by atoms with Crippen LogP contribution in [0.3, 0.4) is 0 Å². The summed E-state index contributed by atoms with van der Waals surface area (Å²) in [5.74, 6) is -3.48. The van der Waals surface area contributed by atoms with E-state index in [1.807, 2.05) is 0 Å². The van der Waals surface area contributed by atoms with E-state index in [1.54, 1.807) is 0 Å². The van der Waals surface area contributed by atoms with Crippen LogP contribution >= 0.6 is 0 Å². The lowest BCUT2D eigenvalue weighted by Crippen LogP contribution is -2.20. The van der Waals surface area contributed by atoms with Crippen LogP contribution in [0.25, 0.3) is 0 Å². The van der Waals surface area contributed by atoms with Crippen LogP contribution in [-0.4, -0.2) is 26.8 Å². The number of carbonyl (C=O) groups excluding carboxylic acids is 1. The van der Waals surface area contributed by atoms with E-state index in [0.717, 1.165) is 16.8 Å². The summed E-state index contributed by atoms with van der Waals surface area (Å²) in [6, 6.07) is 3.98. The Morgan fingerprint density at radius 2 is 2.05 bits per heavy atom. The van der Waals surface area contributed by atoms with Crippen molar-refractivity contribution in [1.29, 1.82) is 0 Å². The second kappa shape index (κ2) is 5.47. The monoisotopic (exact) mass is 281 g/mol. The number of nitrogens with zero attached hydrogens (tertiary/aromatic N) is 2. The molecule has 0 unspecified atom stereocenters. The zero-order chi connectivity index (χ0) is 14.7. The number of carboxylic acid groups (broad SMARTS) is 1. The Hall–Kier alpha value is -2.77. The standard InChI is InChI=1S/C12H9F2N3O3/c13-7-1-2-9(8(14)5-7)15-11(18)6-17-4-3-10(16-17)12(19)20/h1-5H,6H2,(H,15,18)(H,19,20). The Balaban J connectivity index is 2.03. The van der Waals surface area contributed by atoms with Gasteiger partial charge in [-0.25, -0.2) is 13.6 Å². The van der Waals surface area contributed by atoms with Crippen LogP contribution in [0.5, 0.6) is 0 Å². The predicted octanol–water partition coefficient (Wildman–Crippen LogP) is 1.50. The number of amides is 1. The highest BCUT2D eigenvalue weighted by Crippen LogP contribution is 2.14. The lowest BCUT2D eigenvalue weighted by molar-refractivity contribution is -0.116. The Morgan fingerprint density at radius 1 is 1.30 bits per heavy atom. The second-order valence-corrected chi connectivity index (χ2v) is 3.88. The number of aromatic carboxylic acids is 1. The maximum absolute atomic E-state index is 13.3. The van der Waals surface area contributed by atoms with Crippen molar-refractivity contribution in [3.8, 4) is 0 Å². The summed E-state index contributed by atoms with van der Waals surface area (Å²) >= 11 is 0. The van der Waals surface area contributed by atoms with Gasteiger partial charge in [-0.1, -0.05) is 0 Å². The molecule has 8 heteroatoms. The number of nitrogens with one attached hydrogen (secondary N) is 1. The first-order valence-corrected chi connectivity index (χ1v) is 5.47. The lowest BCUT2D eigenvalue weighted by Gasteiger charge is -2.06. The third-order valence-electron chi connectivity index (χ3n) is 2.37. The molecule has 1 amide bonds. The molecule has 6 nitrogen and oxygen atoms in total. The molecule has 2 aromatic rings. The summed E-state index contributed by atoms with van der Waals surface area (Å²) in [5, 5.41) is 14.5. The summed E-state index contributed by atoms with van der Waals surface area (Å²) in [5.41, 5.74) is -0.368. The molecule has 1 heterocycles. The minimum Gasteiger partial charge on any atom is -0.476 e. The summed E-state index contributed by atoms with van der Waals surface area (Å²) in [4.78, 5) is 22.2. The van der Waals surface area contributed by atoms with Gasteiger partial charge >= 0.3 is 5.97 Å². The van der Waals surface area contributed by atoms with Crippen LogP contribution in [0.4, 0.5) is 14.5 Å². The first-order chi connectivity index (χ1) is 9.45. The second-order valence-electron chi connectivity index (χ2n) is 3.88. The molecule has 2 N–H and O–H groups in total. The minimum atomic E-state index is -1.21. The van der Waals surface area contributed by atoms with Crippen LogP contribution in [-0.2, 0) is 11.3 Å². The molecule has 0 fully saturated rings. The van der Waals surface area contributed by atoms with E-state index in [4.69, 9.17) is 5.11 Å². The molecular formula is C12H9F2N3O3. The zero-order valence-electron chi connectivity index (χ0n) is 10.0. The van der Waals surface area contributed by atoms with E-state index in [2.05, 4.69) is 10.4 Å². The number of carboxylic acids is 1.